The molecule has 1 unspecified atom stereocenters. The van der Waals surface area contributed by atoms with Crippen LogP contribution in [0.15, 0.2) is 54.9 Å². The van der Waals surface area contributed by atoms with Crippen LogP contribution in [-0.2, 0) is 22.7 Å². The molecule has 5 rings (SSSR count). The number of nitrogens with zero attached hydrogens (tertiary/aromatic N) is 4. The van der Waals surface area contributed by atoms with E-state index in [9.17, 15) is 28.4 Å². The third kappa shape index (κ3) is 8.71. The minimum atomic E-state index is -0.649. The molecule has 0 spiro atoms. The summed E-state index contributed by atoms with van der Waals surface area (Å²) in [6.45, 7) is 4.46. The molecule has 15 heteroatoms. The number of hydrogen-bond donors (Lipinski definition) is 5. The number of rotatable bonds is 6. The van der Waals surface area contributed by atoms with Gasteiger partial charge in [-0.1, -0.05) is 36.4 Å². The summed E-state index contributed by atoms with van der Waals surface area (Å²) >= 11 is 0. The van der Waals surface area contributed by atoms with Crippen LogP contribution in [0.5, 0.6) is 0 Å². The maximum absolute atomic E-state index is 13.3. The maximum atomic E-state index is 13.3. The number of aryl methyl sites for hydroxylation is 1. The highest BCUT2D eigenvalue weighted by Gasteiger charge is 2.30. The van der Waals surface area contributed by atoms with Gasteiger partial charge >= 0.3 is 6.03 Å². The van der Waals surface area contributed by atoms with Crippen LogP contribution in [0.1, 0.15) is 63.1 Å². The Labute approximate surface area is 244 Å². The van der Waals surface area contributed by atoms with E-state index in [4.69, 9.17) is 5.11 Å². The Hall–Kier alpha value is -5.57. The number of hydrogen-bond acceptors (Lipinski definition) is 9. The Morgan fingerprint density at radius 2 is 1.81 bits per heavy atom. The maximum Gasteiger partial charge on any atom is 0.322 e. The van der Waals surface area contributed by atoms with E-state index in [0.29, 0.717) is 16.7 Å². The van der Waals surface area contributed by atoms with E-state index < -0.39 is 18.0 Å². The largest absolute Gasteiger partial charge is 0.392 e. The van der Waals surface area contributed by atoms with Crippen LogP contribution >= 0.6 is 0 Å². The number of aliphatic hydroxyl groups excluding tert-OH is 1. The molecule has 1 aliphatic rings. The number of fused-ring (bicyclic) bond motifs is 1. The van der Waals surface area contributed by atoms with E-state index in [-0.39, 0.29) is 53.7 Å². The number of urea groups is 1. The van der Waals surface area contributed by atoms with Crippen molar-refractivity contribution in [3.05, 3.63) is 94.3 Å². The summed E-state index contributed by atoms with van der Waals surface area (Å²) in [5.74, 6) is -1.53. The van der Waals surface area contributed by atoms with Crippen LogP contribution in [0, 0.1) is 12.7 Å². The van der Waals surface area contributed by atoms with Gasteiger partial charge in [0.1, 0.15) is 29.6 Å². The minimum Gasteiger partial charge on any atom is -0.392 e. The number of amides is 5. The number of Topliss-reactive ketones (excluding diaryl/α,β-unsaturated/α-hetero) is 1. The molecule has 1 saturated heterocycles. The van der Waals surface area contributed by atoms with Crippen molar-refractivity contribution in [1.29, 1.82) is 0 Å². The number of primary amides is 1. The number of imide groups is 1. The van der Waals surface area contributed by atoms with E-state index in [1.54, 1.807) is 43.3 Å². The van der Waals surface area contributed by atoms with Crippen molar-refractivity contribution in [2.24, 2.45) is 5.73 Å². The summed E-state index contributed by atoms with van der Waals surface area (Å²) in [5.41, 5.74) is 7.41. The highest BCUT2D eigenvalue weighted by molar-refractivity contribution is 6.04. The highest BCUT2D eigenvalue weighted by atomic mass is 19.1. The van der Waals surface area contributed by atoms with Gasteiger partial charge in [-0.05, 0) is 41.3 Å². The van der Waals surface area contributed by atoms with Gasteiger partial charge < -0.3 is 21.5 Å². The fourth-order valence-electron chi connectivity index (χ4n) is 3.79. The van der Waals surface area contributed by atoms with Crippen LogP contribution in [0.25, 0.3) is 5.78 Å². The Morgan fingerprint density at radius 1 is 1.09 bits per heavy atom. The number of benzene rings is 2. The quantitative estimate of drug-likeness (QED) is 0.161. The number of ketones is 1. The van der Waals surface area contributed by atoms with Gasteiger partial charge in [0.2, 0.25) is 5.91 Å². The Kier molecular flexibility index (Phi) is 10.7. The molecule has 2 aromatic heterocycles. The standard InChI is InChI=1S/C16H14FN5O2.C10H10N2O3.C2H5NO/c1-9-5-11(3-4-12(9)17)7-18-15(24)13-6-14(10(2)23)22-16(21-13)19-8-20-22;13-5-6-2-1-3-7(4-6)8-9(14)12-10(15)11-8;1-2(3)4/h3-6,8H,7H2,1-2H3,(H,18,24);1-4,8,13H,5H2,(H2,11,12,14,15);1H3,(H2,3,4). The molecule has 14 nitrogen and oxygen atoms in total. The van der Waals surface area contributed by atoms with Crippen molar-refractivity contribution in [2.75, 3.05) is 0 Å². The van der Waals surface area contributed by atoms with E-state index >= 15 is 0 Å². The van der Waals surface area contributed by atoms with Gasteiger partial charge in [-0.3, -0.25) is 24.5 Å². The highest BCUT2D eigenvalue weighted by Crippen LogP contribution is 2.18. The lowest BCUT2D eigenvalue weighted by atomic mass is 10.0. The summed E-state index contributed by atoms with van der Waals surface area (Å²) in [4.78, 5) is 63.4. The van der Waals surface area contributed by atoms with Crippen LogP contribution < -0.4 is 21.7 Å². The first-order valence-corrected chi connectivity index (χ1v) is 12.7. The van der Waals surface area contributed by atoms with E-state index in [1.165, 1.54) is 36.8 Å². The number of aromatic nitrogens is 4. The fraction of sp³-hybridized carbons (Fsp3) is 0.214. The lowest BCUT2D eigenvalue weighted by Crippen LogP contribution is -2.25. The first-order chi connectivity index (χ1) is 20.4. The fourth-order valence-corrected chi connectivity index (χ4v) is 3.79. The zero-order valence-electron chi connectivity index (χ0n) is 23.4. The van der Waals surface area contributed by atoms with Gasteiger partial charge in [-0.2, -0.15) is 14.6 Å². The number of nitrogens with two attached hydrogens (primary N) is 1. The van der Waals surface area contributed by atoms with Crippen LogP contribution in [0.3, 0.4) is 0 Å². The van der Waals surface area contributed by atoms with Crippen molar-refractivity contribution in [3.8, 4) is 0 Å². The molecule has 1 aliphatic heterocycles. The molecule has 224 valence electrons. The molecule has 4 aromatic rings. The molecule has 0 bridgehead atoms. The monoisotopic (exact) mass is 592 g/mol. The molecule has 1 atom stereocenters. The second kappa shape index (κ2) is 14.4. The summed E-state index contributed by atoms with van der Waals surface area (Å²) in [7, 11) is 0. The number of aliphatic hydroxyl groups is 1. The van der Waals surface area contributed by atoms with Gasteiger partial charge in [0, 0.05) is 20.4 Å². The SMILES string of the molecule is CC(=O)c1cc(C(=O)NCc2ccc(F)c(C)c2)nc2ncnn12.CC(N)=O.O=C1NC(=O)C(c2cccc(CO)c2)N1. The summed E-state index contributed by atoms with van der Waals surface area (Å²) < 4.78 is 14.5. The third-order valence-electron chi connectivity index (χ3n) is 5.76. The molecular weight excluding hydrogens is 563 g/mol. The average Bonchev–Trinajstić information content (AvgIpc) is 3.58. The molecule has 3 heterocycles. The zero-order valence-corrected chi connectivity index (χ0v) is 23.4. The van der Waals surface area contributed by atoms with Crippen LogP contribution in [-0.4, -0.2) is 54.2 Å². The molecule has 0 aliphatic carbocycles. The van der Waals surface area contributed by atoms with Crippen LogP contribution in [0.4, 0.5) is 9.18 Å². The topological polar surface area (TPSA) is 211 Å². The van der Waals surface area contributed by atoms with E-state index in [2.05, 4.69) is 36.8 Å². The lowest BCUT2D eigenvalue weighted by molar-refractivity contribution is -0.120. The summed E-state index contributed by atoms with van der Waals surface area (Å²) in [6.07, 6.45) is 1.26. The van der Waals surface area contributed by atoms with Crippen LogP contribution in [0.2, 0.25) is 0 Å². The van der Waals surface area contributed by atoms with Crippen molar-refractivity contribution in [3.63, 3.8) is 0 Å². The molecule has 0 radical (unpaired) electrons. The third-order valence-corrected chi connectivity index (χ3v) is 5.76. The molecule has 0 saturated carbocycles. The smallest absolute Gasteiger partial charge is 0.322 e. The number of carbonyl (C=O) groups excluding carboxylic acids is 5. The second-order valence-corrected chi connectivity index (χ2v) is 9.23. The van der Waals surface area contributed by atoms with E-state index in [0.717, 1.165) is 5.56 Å². The molecule has 5 amide bonds. The zero-order chi connectivity index (χ0) is 31.7. The van der Waals surface area contributed by atoms with Gasteiger partial charge in [0.05, 0.1) is 6.61 Å². The van der Waals surface area contributed by atoms with Crippen molar-refractivity contribution in [2.45, 2.75) is 40.0 Å². The number of nitrogens with one attached hydrogen (secondary N) is 3. The van der Waals surface area contributed by atoms with Gasteiger partial charge in [-0.15, -0.1) is 0 Å². The molecule has 6 N–H and O–H groups in total. The molecule has 2 aromatic carbocycles. The van der Waals surface area contributed by atoms with Crippen molar-refractivity contribution in [1.82, 2.24) is 35.5 Å². The molecule has 43 heavy (non-hydrogen) atoms. The van der Waals surface area contributed by atoms with Gasteiger partial charge in [0.15, 0.2) is 5.78 Å². The number of carbonyl (C=O) groups is 5. The van der Waals surface area contributed by atoms with Gasteiger partial charge in [-0.25, -0.2) is 14.2 Å². The number of halogens is 1. The molecule has 1 fully saturated rings. The Morgan fingerprint density at radius 3 is 2.42 bits per heavy atom. The second-order valence-electron chi connectivity index (χ2n) is 9.23. The average molecular weight is 593 g/mol. The minimum absolute atomic E-state index is 0.0690. The Balaban J connectivity index is 0.000000227. The van der Waals surface area contributed by atoms with Crippen molar-refractivity contribution < 1.29 is 33.5 Å². The molecular formula is C28H29FN8O6. The summed E-state index contributed by atoms with van der Waals surface area (Å²) in [6, 6.07) is 11.7. The normalized spacial score (nSPS) is 13.6. The Bertz CT molecular complexity index is 1690. The lowest BCUT2D eigenvalue weighted by Gasteiger charge is -2.08. The predicted molar refractivity (Wildman–Crippen MR) is 150 cm³/mol. The first kappa shape index (κ1) is 32.0. The first-order valence-electron chi connectivity index (χ1n) is 12.7. The predicted octanol–water partition coefficient (Wildman–Crippen LogP) is 1.26. The summed E-state index contributed by atoms with van der Waals surface area (Å²) in [5, 5.41) is 20.2. The van der Waals surface area contributed by atoms with Gasteiger partial charge in [0.25, 0.3) is 17.6 Å². The van der Waals surface area contributed by atoms with E-state index in [1.807, 2.05) is 0 Å². The van der Waals surface area contributed by atoms with Crippen molar-refractivity contribution >= 4 is 35.3 Å².